The van der Waals surface area contributed by atoms with E-state index >= 15 is 0 Å². The van der Waals surface area contributed by atoms with E-state index in [-0.39, 0.29) is 5.41 Å². The van der Waals surface area contributed by atoms with Crippen LogP contribution in [0.1, 0.15) is 70.2 Å². The molecule has 0 aliphatic heterocycles. The van der Waals surface area contributed by atoms with Gasteiger partial charge in [-0.05, 0) is 30.0 Å². The average molecular weight is 267 g/mol. The van der Waals surface area contributed by atoms with Gasteiger partial charge >= 0.3 is 0 Å². The molecule has 1 unspecified atom stereocenters. The minimum Gasteiger partial charge on any atom is -0.309 e. The molecule has 104 valence electrons. The zero-order valence-corrected chi connectivity index (χ0v) is 13.7. The number of rotatable bonds is 6. The van der Waals surface area contributed by atoms with Crippen molar-refractivity contribution in [2.75, 3.05) is 6.54 Å². The molecule has 0 aliphatic carbocycles. The van der Waals surface area contributed by atoms with E-state index in [9.17, 15) is 0 Å². The van der Waals surface area contributed by atoms with Crippen LogP contribution >= 0.6 is 11.3 Å². The van der Waals surface area contributed by atoms with Crippen LogP contribution < -0.4 is 5.32 Å². The number of nitrogens with one attached hydrogen (secondary N) is 1. The van der Waals surface area contributed by atoms with Crippen LogP contribution in [0.2, 0.25) is 0 Å². The van der Waals surface area contributed by atoms with Gasteiger partial charge in [0.05, 0.1) is 0 Å². The molecule has 0 fully saturated rings. The third kappa shape index (κ3) is 3.83. The third-order valence-electron chi connectivity index (χ3n) is 3.62. The summed E-state index contributed by atoms with van der Waals surface area (Å²) in [5.74, 6) is 0.747. The molecule has 2 heteroatoms. The summed E-state index contributed by atoms with van der Waals surface area (Å²) in [6.45, 7) is 14.7. The molecule has 18 heavy (non-hydrogen) atoms. The van der Waals surface area contributed by atoms with Gasteiger partial charge in [0.15, 0.2) is 0 Å². The molecule has 1 heterocycles. The SMILES string of the molecule is CCNC(c1ccc(C(C)(C)C)s1)C(CC)CC. The van der Waals surface area contributed by atoms with E-state index in [2.05, 4.69) is 59.0 Å². The van der Waals surface area contributed by atoms with Crippen molar-refractivity contribution in [1.82, 2.24) is 5.32 Å². The lowest BCUT2D eigenvalue weighted by Crippen LogP contribution is -2.27. The minimum atomic E-state index is 0.271. The van der Waals surface area contributed by atoms with Crippen LogP contribution in [-0.2, 0) is 5.41 Å². The maximum absolute atomic E-state index is 3.68. The van der Waals surface area contributed by atoms with Crippen molar-refractivity contribution in [2.45, 2.75) is 65.8 Å². The molecule has 1 N–H and O–H groups in total. The molecule has 1 nitrogen and oxygen atoms in total. The smallest absolute Gasteiger partial charge is 0.0443 e. The van der Waals surface area contributed by atoms with Gasteiger partial charge < -0.3 is 5.32 Å². The number of hydrogen-bond donors (Lipinski definition) is 1. The molecule has 0 saturated carbocycles. The van der Waals surface area contributed by atoms with E-state index in [1.807, 2.05) is 11.3 Å². The zero-order valence-electron chi connectivity index (χ0n) is 12.8. The van der Waals surface area contributed by atoms with E-state index in [0.29, 0.717) is 6.04 Å². The van der Waals surface area contributed by atoms with Crippen LogP contribution in [0.5, 0.6) is 0 Å². The summed E-state index contributed by atoms with van der Waals surface area (Å²) < 4.78 is 0. The van der Waals surface area contributed by atoms with Crippen molar-refractivity contribution in [1.29, 1.82) is 0 Å². The second kappa shape index (κ2) is 6.72. The Morgan fingerprint density at radius 1 is 1.11 bits per heavy atom. The average Bonchev–Trinajstić information content (AvgIpc) is 2.78. The predicted molar refractivity (Wildman–Crippen MR) is 83.5 cm³/mol. The second-order valence-corrected chi connectivity index (χ2v) is 7.18. The number of thiophene rings is 1. The zero-order chi connectivity index (χ0) is 13.8. The van der Waals surface area contributed by atoms with Gasteiger partial charge in [-0.15, -0.1) is 11.3 Å². The Bertz CT molecular complexity index is 344. The van der Waals surface area contributed by atoms with Crippen molar-refractivity contribution >= 4 is 11.3 Å². The van der Waals surface area contributed by atoms with Crippen molar-refractivity contribution in [2.24, 2.45) is 5.92 Å². The molecule has 0 amide bonds. The first kappa shape index (κ1) is 15.7. The molecule has 0 aliphatic rings. The highest BCUT2D eigenvalue weighted by molar-refractivity contribution is 7.12. The minimum absolute atomic E-state index is 0.271. The Morgan fingerprint density at radius 2 is 1.72 bits per heavy atom. The normalized spacial score (nSPS) is 14.2. The van der Waals surface area contributed by atoms with Gasteiger partial charge in [-0.3, -0.25) is 0 Å². The van der Waals surface area contributed by atoms with Gasteiger partial charge in [0, 0.05) is 15.8 Å². The summed E-state index contributed by atoms with van der Waals surface area (Å²) in [7, 11) is 0. The van der Waals surface area contributed by atoms with Crippen LogP contribution in [0.3, 0.4) is 0 Å². The maximum atomic E-state index is 3.68. The number of hydrogen-bond acceptors (Lipinski definition) is 2. The lowest BCUT2D eigenvalue weighted by molar-refractivity contribution is 0.351. The van der Waals surface area contributed by atoms with Gasteiger partial charge in [-0.25, -0.2) is 0 Å². The molecule has 1 aromatic rings. The maximum Gasteiger partial charge on any atom is 0.0443 e. The van der Waals surface area contributed by atoms with E-state index < -0.39 is 0 Å². The first-order valence-electron chi connectivity index (χ1n) is 7.27. The lowest BCUT2D eigenvalue weighted by Gasteiger charge is -2.25. The summed E-state index contributed by atoms with van der Waals surface area (Å²) in [4.78, 5) is 3.00. The van der Waals surface area contributed by atoms with Gasteiger partial charge in [0.25, 0.3) is 0 Å². The largest absolute Gasteiger partial charge is 0.309 e. The summed E-state index contributed by atoms with van der Waals surface area (Å²) >= 11 is 1.98. The fraction of sp³-hybridized carbons (Fsp3) is 0.750. The van der Waals surface area contributed by atoms with Crippen molar-refractivity contribution in [3.63, 3.8) is 0 Å². The molecule has 0 radical (unpaired) electrons. The second-order valence-electron chi connectivity index (χ2n) is 6.06. The Kier molecular flexibility index (Phi) is 5.87. The molecule has 1 rings (SSSR count). The molecule has 1 atom stereocenters. The van der Waals surface area contributed by atoms with Crippen molar-refractivity contribution < 1.29 is 0 Å². The molecular weight excluding hydrogens is 238 g/mol. The van der Waals surface area contributed by atoms with Crippen LogP contribution in [0.15, 0.2) is 12.1 Å². The summed E-state index contributed by atoms with van der Waals surface area (Å²) in [6, 6.07) is 5.18. The Labute approximate surface area is 117 Å². The van der Waals surface area contributed by atoms with Gasteiger partial charge in [0.1, 0.15) is 0 Å². The van der Waals surface area contributed by atoms with Crippen molar-refractivity contribution in [3.05, 3.63) is 21.9 Å². The van der Waals surface area contributed by atoms with Crippen LogP contribution in [-0.4, -0.2) is 6.54 Å². The monoisotopic (exact) mass is 267 g/mol. The standard InChI is InChI=1S/C16H29NS/c1-7-12(8-2)15(17-9-3)13-10-11-14(18-13)16(4,5)6/h10-12,15,17H,7-9H2,1-6H3. The topological polar surface area (TPSA) is 12.0 Å². The summed E-state index contributed by atoms with van der Waals surface area (Å²) in [5, 5.41) is 3.68. The van der Waals surface area contributed by atoms with E-state index in [4.69, 9.17) is 0 Å². The van der Waals surface area contributed by atoms with Gasteiger partial charge in [0.2, 0.25) is 0 Å². The van der Waals surface area contributed by atoms with Crippen LogP contribution in [0.4, 0.5) is 0 Å². The molecule has 0 bridgehead atoms. The highest BCUT2D eigenvalue weighted by Gasteiger charge is 2.23. The fourth-order valence-electron chi connectivity index (χ4n) is 2.40. The van der Waals surface area contributed by atoms with E-state index in [0.717, 1.165) is 12.5 Å². The van der Waals surface area contributed by atoms with Crippen LogP contribution in [0, 0.1) is 5.92 Å². The van der Waals surface area contributed by atoms with Crippen LogP contribution in [0.25, 0.3) is 0 Å². The highest BCUT2D eigenvalue weighted by Crippen LogP contribution is 2.36. The molecule has 0 aromatic carbocycles. The fourth-order valence-corrected chi connectivity index (χ4v) is 3.64. The van der Waals surface area contributed by atoms with E-state index in [1.54, 1.807) is 0 Å². The van der Waals surface area contributed by atoms with Crippen molar-refractivity contribution in [3.8, 4) is 0 Å². The quantitative estimate of drug-likeness (QED) is 0.753. The first-order chi connectivity index (χ1) is 8.43. The molecular formula is C16H29NS. The molecule has 0 saturated heterocycles. The lowest BCUT2D eigenvalue weighted by atomic mass is 9.92. The summed E-state index contributed by atoms with van der Waals surface area (Å²) in [6.07, 6.45) is 2.49. The third-order valence-corrected chi connectivity index (χ3v) is 5.21. The summed E-state index contributed by atoms with van der Waals surface area (Å²) in [5.41, 5.74) is 0.271. The van der Waals surface area contributed by atoms with E-state index in [1.165, 1.54) is 22.6 Å². The Balaban J connectivity index is 2.95. The van der Waals surface area contributed by atoms with Gasteiger partial charge in [-0.2, -0.15) is 0 Å². The predicted octanol–water partition coefficient (Wildman–Crippen LogP) is 5.13. The highest BCUT2D eigenvalue weighted by atomic mass is 32.1. The Morgan fingerprint density at radius 3 is 2.11 bits per heavy atom. The Hall–Kier alpha value is -0.340. The first-order valence-corrected chi connectivity index (χ1v) is 8.09. The van der Waals surface area contributed by atoms with Gasteiger partial charge in [-0.1, -0.05) is 54.4 Å². The molecule has 0 spiro atoms. The molecule has 1 aromatic heterocycles.